The zero-order chi connectivity index (χ0) is 11.7. The van der Waals surface area contributed by atoms with Crippen LogP contribution in [0.3, 0.4) is 0 Å². The Morgan fingerprint density at radius 2 is 2.06 bits per heavy atom. The lowest BCUT2D eigenvalue weighted by atomic mass is 9.88. The van der Waals surface area contributed by atoms with Crippen molar-refractivity contribution in [1.82, 2.24) is 0 Å². The van der Waals surface area contributed by atoms with Crippen molar-refractivity contribution in [2.45, 2.75) is 39.5 Å². The van der Waals surface area contributed by atoms with E-state index >= 15 is 0 Å². The van der Waals surface area contributed by atoms with E-state index in [1.54, 1.807) is 6.92 Å². The zero-order valence-corrected chi connectivity index (χ0v) is 9.91. The third-order valence-electron chi connectivity index (χ3n) is 3.68. The monoisotopic (exact) mass is 222 g/mol. The number of carbonyl (C=O) groups is 2. The first-order valence-corrected chi connectivity index (χ1v) is 6.09. The van der Waals surface area contributed by atoms with Crippen LogP contribution in [0.25, 0.3) is 0 Å². The molecular formula is C13H18O3. The van der Waals surface area contributed by atoms with Crippen molar-refractivity contribution >= 4 is 11.8 Å². The summed E-state index contributed by atoms with van der Waals surface area (Å²) in [5, 5.41) is 0. The number of allylic oxidation sites excluding steroid dienone is 2. The Morgan fingerprint density at radius 3 is 2.69 bits per heavy atom. The smallest absolute Gasteiger partial charge is 0.317 e. The highest BCUT2D eigenvalue weighted by Crippen LogP contribution is 2.42. The number of ketones is 1. The molecule has 16 heavy (non-hydrogen) atoms. The molecule has 0 aromatic heterocycles. The quantitative estimate of drug-likeness (QED) is 0.531. The Balaban J connectivity index is 2.21. The molecular weight excluding hydrogens is 204 g/mol. The van der Waals surface area contributed by atoms with Crippen molar-refractivity contribution in [2.24, 2.45) is 11.8 Å². The molecule has 2 aliphatic carbocycles. The summed E-state index contributed by atoms with van der Waals surface area (Å²) in [6.45, 7) is 4.10. The summed E-state index contributed by atoms with van der Waals surface area (Å²) < 4.78 is 4.99. The maximum Gasteiger partial charge on any atom is 0.317 e. The van der Waals surface area contributed by atoms with Crippen LogP contribution in [0.4, 0.5) is 0 Å². The Morgan fingerprint density at radius 1 is 1.38 bits per heavy atom. The van der Waals surface area contributed by atoms with Gasteiger partial charge in [-0.3, -0.25) is 9.59 Å². The first kappa shape index (κ1) is 11.4. The van der Waals surface area contributed by atoms with Crippen molar-refractivity contribution < 1.29 is 14.3 Å². The first-order valence-electron chi connectivity index (χ1n) is 6.09. The Labute approximate surface area is 95.9 Å². The maximum absolute atomic E-state index is 12.1. The van der Waals surface area contributed by atoms with Gasteiger partial charge in [-0.25, -0.2) is 0 Å². The Kier molecular flexibility index (Phi) is 3.13. The molecule has 2 atom stereocenters. The van der Waals surface area contributed by atoms with Crippen molar-refractivity contribution in [2.75, 3.05) is 6.61 Å². The Hall–Kier alpha value is -1.12. The molecule has 0 spiro atoms. The fourth-order valence-electron chi connectivity index (χ4n) is 2.87. The number of hydrogen-bond donors (Lipinski definition) is 0. The van der Waals surface area contributed by atoms with E-state index in [0.29, 0.717) is 6.61 Å². The third-order valence-corrected chi connectivity index (χ3v) is 3.68. The summed E-state index contributed by atoms with van der Waals surface area (Å²) in [5.41, 5.74) is 2.14. The standard InChI is InChI=1S/C13H18O3/c1-3-16-13(15)11-8(2)9-6-4-5-7-10(9)12(11)14/h8,11H,3-7H2,1-2H3. The van der Waals surface area contributed by atoms with E-state index in [9.17, 15) is 9.59 Å². The normalized spacial score (nSPS) is 29.2. The molecule has 0 radical (unpaired) electrons. The molecule has 3 nitrogen and oxygen atoms in total. The lowest BCUT2D eigenvalue weighted by molar-refractivity contribution is -0.151. The number of esters is 1. The van der Waals surface area contributed by atoms with Crippen LogP contribution in [0.15, 0.2) is 11.1 Å². The van der Waals surface area contributed by atoms with Crippen LogP contribution < -0.4 is 0 Å². The lowest BCUT2D eigenvalue weighted by Crippen LogP contribution is -2.27. The number of ether oxygens (including phenoxy) is 1. The van der Waals surface area contributed by atoms with E-state index < -0.39 is 5.92 Å². The van der Waals surface area contributed by atoms with Gasteiger partial charge in [-0.15, -0.1) is 0 Å². The molecule has 88 valence electrons. The summed E-state index contributed by atoms with van der Waals surface area (Å²) >= 11 is 0. The topological polar surface area (TPSA) is 43.4 Å². The van der Waals surface area contributed by atoms with Gasteiger partial charge in [-0.1, -0.05) is 12.5 Å². The fourth-order valence-corrected chi connectivity index (χ4v) is 2.87. The minimum absolute atomic E-state index is 0.0284. The molecule has 0 amide bonds. The van der Waals surface area contributed by atoms with Crippen LogP contribution in [0.1, 0.15) is 39.5 Å². The fraction of sp³-hybridized carbons (Fsp3) is 0.692. The highest BCUT2D eigenvalue weighted by atomic mass is 16.5. The zero-order valence-electron chi connectivity index (χ0n) is 9.91. The molecule has 0 fully saturated rings. The third kappa shape index (κ3) is 1.68. The highest BCUT2D eigenvalue weighted by molar-refractivity contribution is 6.11. The maximum atomic E-state index is 12.1. The first-order chi connectivity index (χ1) is 7.66. The molecule has 0 aromatic carbocycles. The largest absolute Gasteiger partial charge is 0.465 e. The van der Waals surface area contributed by atoms with E-state index in [2.05, 4.69) is 0 Å². The van der Waals surface area contributed by atoms with Gasteiger partial charge in [-0.2, -0.15) is 0 Å². The second kappa shape index (κ2) is 4.40. The van der Waals surface area contributed by atoms with Crippen LogP contribution in [0.2, 0.25) is 0 Å². The van der Waals surface area contributed by atoms with Crippen molar-refractivity contribution in [3.05, 3.63) is 11.1 Å². The molecule has 2 rings (SSSR count). The molecule has 0 saturated heterocycles. The van der Waals surface area contributed by atoms with Gasteiger partial charge in [0.1, 0.15) is 5.92 Å². The summed E-state index contributed by atoms with van der Waals surface area (Å²) in [5.74, 6) is -0.806. The highest BCUT2D eigenvalue weighted by Gasteiger charge is 2.44. The van der Waals surface area contributed by atoms with Crippen molar-refractivity contribution in [3.63, 3.8) is 0 Å². The van der Waals surface area contributed by atoms with E-state index in [0.717, 1.165) is 31.3 Å². The molecule has 0 aliphatic heterocycles. The van der Waals surface area contributed by atoms with E-state index in [1.165, 1.54) is 5.57 Å². The van der Waals surface area contributed by atoms with Gasteiger partial charge in [-0.05, 0) is 44.1 Å². The average molecular weight is 222 g/mol. The number of hydrogen-bond acceptors (Lipinski definition) is 3. The van der Waals surface area contributed by atoms with Gasteiger partial charge in [0, 0.05) is 0 Å². The minimum atomic E-state index is -0.553. The molecule has 0 saturated carbocycles. The lowest BCUT2D eigenvalue weighted by Gasteiger charge is -2.17. The van der Waals surface area contributed by atoms with Gasteiger partial charge in [0.05, 0.1) is 6.61 Å². The predicted molar refractivity (Wildman–Crippen MR) is 59.8 cm³/mol. The second-order valence-electron chi connectivity index (χ2n) is 4.59. The van der Waals surface area contributed by atoms with Gasteiger partial charge in [0.25, 0.3) is 0 Å². The van der Waals surface area contributed by atoms with Gasteiger partial charge in [0.2, 0.25) is 0 Å². The molecule has 0 bridgehead atoms. The molecule has 3 heteroatoms. The van der Waals surface area contributed by atoms with Crippen LogP contribution in [0, 0.1) is 11.8 Å². The molecule has 0 N–H and O–H groups in total. The minimum Gasteiger partial charge on any atom is -0.465 e. The van der Waals surface area contributed by atoms with E-state index in [-0.39, 0.29) is 17.7 Å². The summed E-state index contributed by atoms with van der Waals surface area (Å²) in [6, 6.07) is 0. The van der Waals surface area contributed by atoms with Crippen molar-refractivity contribution in [1.29, 1.82) is 0 Å². The number of Topliss-reactive ketones (excluding diaryl/α,β-unsaturated/α-hetero) is 1. The van der Waals surface area contributed by atoms with Crippen LogP contribution in [-0.4, -0.2) is 18.4 Å². The Bertz CT molecular complexity index is 354. The molecule has 2 aliphatic rings. The number of rotatable bonds is 2. The average Bonchev–Trinajstić information content (AvgIpc) is 2.53. The number of carbonyl (C=O) groups excluding carboxylic acids is 2. The summed E-state index contributed by atoms with van der Waals surface area (Å²) in [4.78, 5) is 23.8. The van der Waals surface area contributed by atoms with Gasteiger partial charge >= 0.3 is 5.97 Å². The SMILES string of the molecule is CCOC(=O)C1C(=O)C2=C(CCCC2)C1C. The van der Waals surface area contributed by atoms with Gasteiger partial charge < -0.3 is 4.74 Å². The summed E-state index contributed by atoms with van der Waals surface area (Å²) in [6.07, 6.45) is 4.06. The predicted octanol–water partition coefficient (Wildman–Crippen LogP) is 2.26. The second-order valence-corrected chi connectivity index (χ2v) is 4.59. The molecule has 0 aromatic rings. The molecule has 0 heterocycles. The van der Waals surface area contributed by atoms with Gasteiger partial charge in [0.15, 0.2) is 5.78 Å². The summed E-state index contributed by atoms with van der Waals surface area (Å²) in [7, 11) is 0. The van der Waals surface area contributed by atoms with E-state index in [4.69, 9.17) is 4.74 Å². The van der Waals surface area contributed by atoms with E-state index in [1.807, 2.05) is 6.92 Å². The van der Waals surface area contributed by atoms with Crippen molar-refractivity contribution in [3.8, 4) is 0 Å². The van der Waals surface area contributed by atoms with Crippen LogP contribution >= 0.6 is 0 Å². The van der Waals surface area contributed by atoms with Crippen LogP contribution in [-0.2, 0) is 14.3 Å². The van der Waals surface area contributed by atoms with Crippen LogP contribution in [0.5, 0.6) is 0 Å². The molecule has 2 unspecified atom stereocenters.